The third-order valence-corrected chi connectivity index (χ3v) is 5.39. The monoisotopic (exact) mass is 388 g/mol. The van der Waals surface area contributed by atoms with E-state index >= 15 is 0 Å². The van der Waals surface area contributed by atoms with Gasteiger partial charge >= 0.3 is 0 Å². The van der Waals surface area contributed by atoms with Crippen LogP contribution in [0.1, 0.15) is 28.9 Å². The van der Waals surface area contributed by atoms with Crippen molar-refractivity contribution in [3.63, 3.8) is 0 Å². The summed E-state index contributed by atoms with van der Waals surface area (Å²) in [4.78, 5) is 22.9. The molecule has 3 N–H and O–H groups in total. The van der Waals surface area contributed by atoms with E-state index in [1.807, 2.05) is 65.6 Å². The Kier molecular flexibility index (Phi) is 5.27. The van der Waals surface area contributed by atoms with Crippen molar-refractivity contribution < 1.29 is 9.90 Å². The fraction of sp³-hybridized carbons (Fsp3) is 0.261. The van der Waals surface area contributed by atoms with Crippen molar-refractivity contribution in [1.29, 1.82) is 0 Å². The maximum absolute atomic E-state index is 11.8. The zero-order valence-electron chi connectivity index (χ0n) is 16.2. The van der Waals surface area contributed by atoms with E-state index in [9.17, 15) is 9.90 Å². The minimum absolute atomic E-state index is 0.193. The smallest absolute Gasteiger partial charge is 0.267 e. The van der Waals surface area contributed by atoms with Crippen molar-refractivity contribution in [3.05, 3.63) is 78.0 Å². The van der Waals surface area contributed by atoms with Gasteiger partial charge in [-0.25, -0.2) is 9.97 Å². The van der Waals surface area contributed by atoms with Gasteiger partial charge in [0.05, 0.1) is 11.3 Å². The van der Waals surface area contributed by atoms with Crippen LogP contribution in [0.3, 0.4) is 0 Å². The number of nitrogens with zero attached hydrogens (tertiary/aromatic N) is 3. The molecule has 0 unspecified atom stereocenters. The van der Waals surface area contributed by atoms with Crippen LogP contribution in [-0.2, 0) is 6.42 Å². The fourth-order valence-corrected chi connectivity index (χ4v) is 3.73. The molecule has 6 nitrogen and oxygen atoms in total. The third kappa shape index (κ3) is 4.43. The van der Waals surface area contributed by atoms with E-state index in [-0.39, 0.29) is 5.69 Å². The Morgan fingerprint density at radius 3 is 2.24 bits per heavy atom. The molecule has 1 aromatic heterocycles. The van der Waals surface area contributed by atoms with Gasteiger partial charge in [-0.15, -0.1) is 0 Å². The lowest BCUT2D eigenvalue weighted by Crippen LogP contribution is -2.46. The van der Waals surface area contributed by atoms with E-state index in [1.165, 1.54) is 0 Å². The molecule has 3 aromatic rings. The number of rotatable bonds is 5. The van der Waals surface area contributed by atoms with Crippen molar-refractivity contribution in [2.24, 2.45) is 5.73 Å². The Morgan fingerprint density at radius 2 is 1.62 bits per heavy atom. The lowest BCUT2D eigenvalue weighted by Gasteiger charge is -2.38. The molecule has 0 spiro atoms. The minimum Gasteiger partial charge on any atom is -0.389 e. The zero-order chi connectivity index (χ0) is 20.3. The summed E-state index contributed by atoms with van der Waals surface area (Å²) in [6.45, 7) is 1.22. The lowest BCUT2D eigenvalue weighted by atomic mass is 9.85. The Bertz CT molecular complexity index is 984. The highest BCUT2D eigenvalue weighted by atomic mass is 16.3. The SMILES string of the molecule is NC(=O)c1cc(-c2ccccc2)nc(N2CCC(O)(Cc3ccccc3)CC2)n1. The van der Waals surface area contributed by atoms with Gasteiger partial charge in [-0.2, -0.15) is 0 Å². The molecule has 6 heteroatoms. The molecule has 1 amide bonds. The van der Waals surface area contributed by atoms with Gasteiger partial charge in [0.15, 0.2) is 0 Å². The van der Waals surface area contributed by atoms with E-state index in [2.05, 4.69) is 9.97 Å². The maximum Gasteiger partial charge on any atom is 0.267 e. The second kappa shape index (κ2) is 8.01. The number of hydrogen-bond donors (Lipinski definition) is 2. The molecule has 0 bridgehead atoms. The van der Waals surface area contributed by atoms with Crippen molar-refractivity contribution >= 4 is 11.9 Å². The molecule has 1 aliphatic heterocycles. The number of carbonyl (C=O) groups is 1. The Balaban J connectivity index is 1.55. The number of aliphatic hydroxyl groups is 1. The molecule has 0 atom stereocenters. The summed E-state index contributed by atoms with van der Waals surface area (Å²) in [6, 6.07) is 21.3. The summed E-state index contributed by atoms with van der Waals surface area (Å²) in [5, 5.41) is 11.0. The molecule has 1 fully saturated rings. The van der Waals surface area contributed by atoms with Gasteiger partial charge in [-0.3, -0.25) is 4.79 Å². The van der Waals surface area contributed by atoms with Crippen molar-refractivity contribution in [3.8, 4) is 11.3 Å². The largest absolute Gasteiger partial charge is 0.389 e. The van der Waals surface area contributed by atoms with Crippen molar-refractivity contribution in [1.82, 2.24) is 9.97 Å². The Hall–Kier alpha value is -3.25. The zero-order valence-corrected chi connectivity index (χ0v) is 16.2. The molecule has 0 saturated carbocycles. The molecule has 29 heavy (non-hydrogen) atoms. The first-order valence-electron chi connectivity index (χ1n) is 9.78. The third-order valence-electron chi connectivity index (χ3n) is 5.39. The average Bonchev–Trinajstić information content (AvgIpc) is 2.75. The quantitative estimate of drug-likeness (QED) is 0.701. The van der Waals surface area contributed by atoms with Crippen LogP contribution in [-0.4, -0.2) is 39.7 Å². The van der Waals surface area contributed by atoms with Gasteiger partial charge in [0.1, 0.15) is 5.69 Å². The lowest BCUT2D eigenvalue weighted by molar-refractivity contribution is 0.0163. The van der Waals surface area contributed by atoms with E-state index in [0.717, 1.165) is 11.1 Å². The molecular weight excluding hydrogens is 364 g/mol. The van der Waals surface area contributed by atoms with Crippen LogP contribution in [0, 0.1) is 0 Å². The number of amides is 1. The minimum atomic E-state index is -0.749. The molecule has 0 aliphatic carbocycles. The van der Waals surface area contributed by atoms with Crippen LogP contribution < -0.4 is 10.6 Å². The Labute approximate surface area is 170 Å². The second-order valence-corrected chi connectivity index (χ2v) is 7.54. The molecule has 2 heterocycles. The van der Waals surface area contributed by atoms with Crippen LogP contribution >= 0.6 is 0 Å². The van der Waals surface area contributed by atoms with Crippen LogP contribution in [0.5, 0.6) is 0 Å². The number of nitrogens with two attached hydrogens (primary N) is 1. The summed E-state index contributed by atoms with van der Waals surface area (Å²) in [6.07, 6.45) is 1.83. The molecule has 4 rings (SSSR count). The second-order valence-electron chi connectivity index (χ2n) is 7.54. The van der Waals surface area contributed by atoms with Crippen LogP contribution in [0.4, 0.5) is 5.95 Å². The number of piperidine rings is 1. The average molecular weight is 388 g/mol. The summed E-state index contributed by atoms with van der Waals surface area (Å²) in [5.41, 5.74) is 7.63. The first-order chi connectivity index (χ1) is 14.0. The number of aromatic nitrogens is 2. The first-order valence-corrected chi connectivity index (χ1v) is 9.78. The molecule has 0 radical (unpaired) electrons. The van der Waals surface area contributed by atoms with E-state index in [1.54, 1.807) is 6.07 Å². The summed E-state index contributed by atoms with van der Waals surface area (Å²) >= 11 is 0. The van der Waals surface area contributed by atoms with E-state index in [0.29, 0.717) is 44.0 Å². The van der Waals surface area contributed by atoms with E-state index < -0.39 is 11.5 Å². The maximum atomic E-state index is 11.8. The number of primary amides is 1. The van der Waals surface area contributed by atoms with Crippen molar-refractivity contribution in [2.45, 2.75) is 24.9 Å². The van der Waals surface area contributed by atoms with Crippen molar-refractivity contribution in [2.75, 3.05) is 18.0 Å². The van der Waals surface area contributed by atoms with Crippen LogP contribution in [0.2, 0.25) is 0 Å². The number of anilines is 1. The van der Waals surface area contributed by atoms with Gasteiger partial charge in [-0.1, -0.05) is 60.7 Å². The van der Waals surface area contributed by atoms with E-state index in [4.69, 9.17) is 5.73 Å². The predicted molar refractivity (Wildman–Crippen MR) is 113 cm³/mol. The normalized spacial score (nSPS) is 15.8. The van der Waals surface area contributed by atoms with Gasteiger partial charge in [0.25, 0.3) is 5.91 Å². The number of hydrogen-bond acceptors (Lipinski definition) is 5. The summed E-state index contributed by atoms with van der Waals surface area (Å²) in [5.74, 6) is -0.106. The standard InChI is InChI=1S/C23H24N4O2/c24-21(28)20-15-19(18-9-5-2-6-10-18)25-22(26-20)27-13-11-23(29,12-14-27)16-17-7-3-1-4-8-17/h1-10,15,29H,11-14,16H2,(H2,24,28). The molecule has 2 aromatic carbocycles. The molecule has 148 valence electrons. The first kappa shape index (κ1) is 19.1. The highest BCUT2D eigenvalue weighted by Gasteiger charge is 2.33. The topological polar surface area (TPSA) is 92.3 Å². The van der Waals surface area contributed by atoms with Crippen LogP contribution in [0.25, 0.3) is 11.3 Å². The van der Waals surface area contributed by atoms with Gasteiger partial charge in [0.2, 0.25) is 5.95 Å². The molecule has 1 aliphatic rings. The summed E-state index contributed by atoms with van der Waals surface area (Å²) < 4.78 is 0. The predicted octanol–water partition coefficient (Wildman–Crippen LogP) is 2.82. The van der Waals surface area contributed by atoms with Gasteiger partial charge in [-0.05, 0) is 24.5 Å². The van der Waals surface area contributed by atoms with Gasteiger partial charge in [0, 0.05) is 25.1 Å². The number of benzene rings is 2. The Morgan fingerprint density at radius 1 is 1.00 bits per heavy atom. The summed E-state index contributed by atoms with van der Waals surface area (Å²) in [7, 11) is 0. The highest BCUT2D eigenvalue weighted by Crippen LogP contribution is 2.29. The molecular formula is C23H24N4O2. The molecule has 1 saturated heterocycles. The van der Waals surface area contributed by atoms with Gasteiger partial charge < -0.3 is 15.7 Å². The highest BCUT2D eigenvalue weighted by molar-refractivity contribution is 5.92. The van der Waals surface area contributed by atoms with Crippen LogP contribution in [0.15, 0.2) is 66.7 Å². The fourth-order valence-electron chi connectivity index (χ4n) is 3.73. The number of carbonyl (C=O) groups excluding carboxylic acids is 1.